The maximum atomic E-state index is 12.7. The van der Waals surface area contributed by atoms with Crippen molar-refractivity contribution in [3.8, 4) is 5.75 Å². The molecule has 3 aromatic rings. The highest BCUT2D eigenvalue weighted by atomic mass is 35.5. The van der Waals surface area contributed by atoms with Crippen LogP contribution in [0.2, 0.25) is 5.02 Å². The first-order valence-electron chi connectivity index (χ1n) is 11.4. The molecule has 0 bridgehead atoms. The van der Waals surface area contributed by atoms with Crippen LogP contribution in [0.1, 0.15) is 20.6 Å². The predicted molar refractivity (Wildman–Crippen MR) is 138 cm³/mol. The second-order valence-electron chi connectivity index (χ2n) is 8.25. The molecule has 0 atom stereocenters. The molecule has 1 fully saturated rings. The van der Waals surface area contributed by atoms with Crippen molar-refractivity contribution in [2.45, 2.75) is 19.2 Å². The molecule has 1 aliphatic heterocycles. The van der Waals surface area contributed by atoms with E-state index >= 15 is 0 Å². The molecule has 2 aromatic carbocycles. The second-order valence-corrected chi connectivity index (χ2v) is 11.8. The minimum atomic E-state index is -2.50. The average molecular weight is 487 g/mol. The summed E-state index contributed by atoms with van der Waals surface area (Å²) in [6.07, 6.45) is 3.28. The summed E-state index contributed by atoms with van der Waals surface area (Å²) in [7, 11) is -0.875. The molecule has 0 aliphatic carbocycles. The normalized spacial score (nSPS) is 15.2. The quantitative estimate of drug-likeness (QED) is 0.404. The fraction of sp³-hybridized carbons (Fsp3) is 0.333. The second kappa shape index (κ2) is 10.0. The number of rotatable bonds is 7. The number of piperidine rings is 1. The van der Waals surface area contributed by atoms with Crippen molar-refractivity contribution < 1.29 is 10.7 Å². The summed E-state index contributed by atoms with van der Waals surface area (Å²) in [6, 6.07) is 13.4. The molecule has 33 heavy (non-hydrogen) atoms. The number of nitrogens with one attached hydrogen (secondary N) is 2. The maximum absolute atomic E-state index is 12.7. The molecule has 0 spiro atoms. The van der Waals surface area contributed by atoms with Gasteiger partial charge in [-0.3, -0.25) is 0 Å². The van der Waals surface area contributed by atoms with Crippen molar-refractivity contribution in [2.75, 3.05) is 49.1 Å². The van der Waals surface area contributed by atoms with Gasteiger partial charge in [0.2, 0.25) is 5.95 Å². The third-order valence-electron chi connectivity index (χ3n) is 5.48. The Kier molecular flexibility index (Phi) is 6.70. The molecule has 7 nitrogen and oxygen atoms in total. The Hall–Kier alpha value is -2.76. The summed E-state index contributed by atoms with van der Waals surface area (Å²) < 4.78 is 26.2. The summed E-state index contributed by atoms with van der Waals surface area (Å²) in [5.41, 5.74) is 2.48. The third kappa shape index (κ3) is 5.60. The molecule has 0 saturated carbocycles. The van der Waals surface area contributed by atoms with Crippen molar-refractivity contribution in [3.05, 3.63) is 53.7 Å². The fourth-order valence-corrected chi connectivity index (χ4v) is 5.09. The molecule has 0 amide bonds. The molecule has 0 radical (unpaired) electrons. The van der Waals surface area contributed by atoms with Crippen molar-refractivity contribution in [3.63, 3.8) is 0 Å². The molecular weight excluding hydrogens is 457 g/mol. The number of benzene rings is 2. The first kappa shape index (κ1) is 22.1. The lowest BCUT2D eigenvalue weighted by molar-refractivity contribution is 0.416. The van der Waals surface area contributed by atoms with Crippen molar-refractivity contribution in [2.24, 2.45) is 0 Å². The van der Waals surface area contributed by atoms with E-state index in [0.29, 0.717) is 28.2 Å². The Balaban J connectivity index is 1.56. The molecule has 1 aromatic heterocycles. The predicted octanol–water partition coefficient (Wildman–Crippen LogP) is 5.86. The van der Waals surface area contributed by atoms with Gasteiger partial charge >= 0.3 is 0 Å². The minimum absolute atomic E-state index is 0.0255. The van der Waals surface area contributed by atoms with Crippen molar-refractivity contribution in [1.29, 1.82) is 0 Å². The number of para-hydroxylation sites is 1. The van der Waals surface area contributed by atoms with E-state index in [1.807, 2.05) is 42.5 Å². The van der Waals surface area contributed by atoms with E-state index in [1.165, 1.54) is 6.20 Å². The smallest absolute Gasteiger partial charge is 0.229 e. The Bertz CT molecular complexity index is 1210. The lowest BCUT2D eigenvalue weighted by Gasteiger charge is -2.29. The van der Waals surface area contributed by atoms with E-state index < -0.39 is 7.14 Å². The highest BCUT2D eigenvalue weighted by Gasteiger charge is 2.18. The summed E-state index contributed by atoms with van der Waals surface area (Å²) in [5.74, 6) is 1.43. The van der Waals surface area contributed by atoms with Crippen LogP contribution in [0.4, 0.5) is 28.8 Å². The van der Waals surface area contributed by atoms with Crippen LogP contribution in [-0.2, 0) is 4.57 Å². The van der Waals surface area contributed by atoms with E-state index in [9.17, 15) is 4.57 Å². The number of halogens is 1. The SMILES string of the molecule is [2H]C1CCN(c2ccc(Nc3ncc(Cl)c(Nc4ccccc4P(C)(C)=O)n3)c(OC)c2)CC1. The monoisotopic (exact) mass is 486 g/mol. The number of hydrogen-bond acceptors (Lipinski definition) is 7. The molecule has 174 valence electrons. The van der Waals surface area contributed by atoms with E-state index in [0.717, 1.165) is 42.6 Å². The average Bonchev–Trinajstić information content (AvgIpc) is 2.81. The zero-order valence-corrected chi connectivity index (χ0v) is 20.7. The molecule has 4 rings (SSSR count). The van der Waals surface area contributed by atoms with Gasteiger partial charge in [0.15, 0.2) is 5.82 Å². The number of anilines is 5. The Morgan fingerprint density at radius 1 is 1.12 bits per heavy atom. The van der Waals surface area contributed by atoms with Crippen LogP contribution in [0, 0.1) is 0 Å². The highest BCUT2D eigenvalue weighted by Crippen LogP contribution is 2.39. The Morgan fingerprint density at radius 2 is 1.88 bits per heavy atom. The molecule has 2 N–H and O–H groups in total. The number of nitrogens with zero attached hydrogens (tertiary/aromatic N) is 3. The van der Waals surface area contributed by atoms with Crippen molar-refractivity contribution >= 4 is 52.9 Å². The van der Waals surface area contributed by atoms with Crippen LogP contribution in [-0.4, -0.2) is 43.5 Å². The summed E-state index contributed by atoms with van der Waals surface area (Å²) in [6.45, 7) is 5.19. The van der Waals surface area contributed by atoms with Crippen LogP contribution < -0.4 is 25.6 Å². The van der Waals surface area contributed by atoms with Crippen LogP contribution >= 0.6 is 18.7 Å². The maximum Gasteiger partial charge on any atom is 0.229 e. The van der Waals surface area contributed by atoms with E-state index in [-0.39, 0.29) is 6.40 Å². The van der Waals surface area contributed by atoms with Crippen LogP contribution in [0.3, 0.4) is 0 Å². The number of hydrogen-bond donors (Lipinski definition) is 2. The first-order chi connectivity index (χ1) is 16.2. The van der Waals surface area contributed by atoms with Crippen LogP contribution in [0.15, 0.2) is 48.7 Å². The largest absolute Gasteiger partial charge is 0.494 e. The Morgan fingerprint density at radius 3 is 2.61 bits per heavy atom. The molecule has 1 aliphatic rings. The number of methoxy groups -OCH3 is 1. The van der Waals surface area contributed by atoms with Gasteiger partial charge in [0, 0.05) is 31.5 Å². The fourth-order valence-electron chi connectivity index (χ4n) is 3.80. The van der Waals surface area contributed by atoms with Gasteiger partial charge in [-0.15, -0.1) is 0 Å². The van der Waals surface area contributed by atoms with E-state index in [4.69, 9.17) is 17.7 Å². The van der Waals surface area contributed by atoms with Gasteiger partial charge in [0.05, 0.1) is 24.7 Å². The summed E-state index contributed by atoms with van der Waals surface area (Å²) in [4.78, 5) is 11.1. The van der Waals surface area contributed by atoms with Gasteiger partial charge in [-0.25, -0.2) is 4.98 Å². The number of aromatic nitrogens is 2. The molecule has 9 heteroatoms. The van der Waals surface area contributed by atoms with Crippen molar-refractivity contribution in [1.82, 2.24) is 9.97 Å². The molecule has 1 saturated heterocycles. The first-order valence-corrected chi connectivity index (χ1v) is 13.8. The van der Waals surface area contributed by atoms with Gasteiger partial charge in [-0.1, -0.05) is 23.7 Å². The van der Waals surface area contributed by atoms with E-state index in [2.05, 4.69) is 25.5 Å². The lowest BCUT2D eigenvalue weighted by atomic mass is 10.1. The number of ether oxygens (including phenoxy) is 1. The Labute approximate surface area is 201 Å². The summed E-state index contributed by atoms with van der Waals surface area (Å²) in [5, 5.41) is 7.50. The van der Waals surface area contributed by atoms with Crippen LogP contribution in [0.5, 0.6) is 5.75 Å². The zero-order chi connectivity index (χ0) is 24.3. The van der Waals surface area contributed by atoms with Gasteiger partial charge < -0.3 is 24.8 Å². The standard InChI is InChI=1S/C24H29ClN5O2P/c1-32-21-15-17(30-13-7-4-8-14-30)11-12-19(21)28-24-26-16-18(25)23(29-24)27-20-9-5-6-10-22(20)33(2,3)31/h5-6,9-12,15-16H,4,7-8,13-14H2,1-3H3,(H2,26,27,28,29)/i4D. The topological polar surface area (TPSA) is 79.4 Å². The summed E-state index contributed by atoms with van der Waals surface area (Å²) >= 11 is 6.36. The van der Waals surface area contributed by atoms with Gasteiger partial charge in [-0.05, 0) is 56.8 Å². The van der Waals surface area contributed by atoms with E-state index in [1.54, 1.807) is 20.4 Å². The van der Waals surface area contributed by atoms with Crippen LogP contribution in [0.25, 0.3) is 0 Å². The van der Waals surface area contributed by atoms with Gasteiger partial charge in [-0.2, -0.15) is 4.98 Å². The lowest BCUT2D eigenvalue weighted by Crippen LogP contribution is -2.29. The minimum Gasteiger partial charge on any atom is -0.494 e. The highest BCUT2D eigenvalue weighted by molar-refractivity contribution is 7.70. The molecule has 0 unspecified atom stereocenters. The third-order valence-corrected chi connectivity index (χ3v) is 7.31. The van der Waals surface area contributed by atoms with Gasteiger partial charge in [0.25, 0.3) is 0 Å². The van der Waals surface area contributed by atoms with Gasteiger partial charge in [0.1, 0.15) is 17.9 Å². The molecular formula is C24H29ClN5O2P. The zero-order valence-electron chi connectivity index (χ0n) is 20.0. The molecule has 2 heterocycles.